The van der Waals surface area contributed by atoms with E-state index in [1.807, 2.05) is 0 Å². The summed E-state index contributed by atoms with van der Waals surface area (Å²) in [6.45, 7) is 4.53. The molecule has 300 valence electrons. The highest BCUT2D eigenvalue weighted by Crippen LogP contribution is 2.15. The number of hydrogen-bond donors (Lipinski definition) is 3. The van der Waals surface area contributed by atoms with Crippen molar-refractivity contribution >= 4 is 16.0 Å². The highest BCUT2D eigenvalue weighted by Gasteiger charge is 2.24. The fourth-order valence-electron chi connectivity index (χ4n) is 6.54. The Bertz CT molecular complexity index is 945. The molecule has 1 amide bonds. The molecule has 0 aromatic rings. The molecule has 6 nitrogen and oxygen atoms in total. The monoisotopic (exact) mass is 738 g/mol. The first-order valence-electron chi connectivity index (χ1n) is 21.7. The van der Waals surface area contributed by atoms with Crippen molar-refractivity contribution in [1.82, 2.24) is 5.32 Å². The van der Waals surface area contributed by atoms with Gasteiger partial charge in [-0.05, 0) is 44.9 Å². The molecule has 51 heavy (non-hydrogen) atoms. The van der Waals surface area contributed by atoms with Gasteiger partial charge in [0.2, 0.25) is 5.91 Å². The number of hydrogen-bond acceptors (Lipinski definition) is 4. The zero-order chi connectivity index (χ0) is 37.5. The van der Waals surface area contributed by atoms with E-state index in [0.717, 1.165) is 38.5 Å². The van der Waals surface area contributed by atoms with Crippen LogP contribution in [-0.2, 0) is 14.9 Å². The Morgan fingerprint density at radius 1 is 0.510 bits per heavy atom. The maximum Gasteiger partial charge on any atom is 0.267 e. The number of aliphatic hydroxyl groups is 1. The summed E-state index contributed by atoms with van der Waals surface area (Å²) in [7, 11) is -4.36. The summed E-state index contributed by atoms with van der Waals surface area (Å²) in [5.74, 6) is -1.00. The van der Waals surface area contributed by atoms with Crippen LogP contribution in [0.15, 0.2) is 36.5 Å². The summed E-state index contributed by atoms with van der Waals surface area (Å²) in [4.78, 5) is 12.5. The first-order valence-corrected chi connectivity index (χ1v) is 23.3. The number of carbonyl (C=O) groups excluding carboxylic acids is 1. The smallest absolute Gasteiger partial charge is 0.267 e. The van der Waals surface area contributed by atoms with E-state index >= 15 is 0 Å². The maximum atomic E-state index is 12.5. The van der Waals surface area contributed by atoms with E-state index in [2.05, 4.69) is 43.5 Å². The molecule has 3 N–H and O–H groups in total. The topological polar surface area (TPSA) is 104 Å². The Morgan fingerprint density at radius 2 is 0.843 bits per heavy atom. The van der Waals surface area contributed by atoms with Crippen LogP contribution >= 0.6 is 0 Å². The van der Waals surface area contributed by atoms with E-state index < -0.39 is 28.0 Å². The number of aliphatic hydroxyl groups excluding tert-OH is 1. The molecule has 2 unspecified atom stereocenters. The van der Waals surface area contributed by atoms with Crippen molar-refractivity contribution in [3.8, 4) is 0 Å². The summed E-state index contributed by atoms with van der Waals surface area (Å²) >= 11 is 0. The quantitative estimate of drug-likeness (QED) is 0.0331. The summed E-state index contributed by atoms with van der Waals surface area (Å²) in [6.07, 6.45) is 49.9. The predicted octanol–water partition coefficient (Wildman–Crippen LogP) is 12.9. The Labute approximate surface area is 316 Å². The van der Waals surface area contributed by atoms with Crippen LogP contribution in [0.2, 0.25) is 0 Å². The molecule has 0 bridgehead atoms. The van der Waals surface area contributed by atoms with Crippen molar-refractivity contribution in [2.24, 2.45) is 0 Å². The van der Waals surface area contributed by atoms with Gasteiger partial charge in [0.25, 0.3) is 10.1 Å². The molecule has 0 saturated carbocycles. The lowest BCUT2D eigenvalue weighted by atomic mass is 10.0. The average Bonchev–Trinajstić information content (AvgIpc) is 3.09. The van der Waals surface area contributed by atoms with E-state index in [9.17, 15) is 22.9 Å². The van der Waals surface area contributed by atoms with Gasteiger partial charge in [0.1, 0.15) is 0 Å². The molecule has 0 heterocycles. The first-order chi connectivity index (χ1) is 24.8. The summed E-state index contributed by atoms with van der Waals surface area (Å²) in [5, 5.41) is 13.2. The number of carbonyl (C=O) groups is 1. The van der Waals surface area contributed by atoms with Crippen LogP contribution in [0.3, 0.4) is 0 Å². The van der Waals surface area contributed by atoms with Crippen LogP contribution in [0, 0.1) is 0 Å². The molecule has 0 aliphatic rings. The van der Waals surface area contributed by atoms with Gasteiger partial charge in [0, 0.05) is 6.42 Å². The number of rotatable bonds is 39. The molecule has 0 aliphatic heterocycles. The fraction of sp³-hybridized carbons (Fsp3) is 0.841. The van der Waals surface area contributed by atoms with Gasteiger partial charge in [-0.1, -0.05) is 204 Å². The van der Waals surface area contributed by atoms with E-state index in [1.165, 1.54) is 160 Å². The Kier molecular flexibility index (Phi) is 37.2. The van der Waals surface area contributed by atoms with Gasteiger partial charge in [-0.2, -0.15) is 8.42 Å². The molecule has 0 radical (unpaired) electrons. The second-order valence-corrected chi connectivity index (χ2v) is 16.5. The second kappa shape index (κ2) is 38.3. The fourth-order valence-corrected chi connectivity index (χ4v) is 7.28. The van der Waals surface area contributed by atoms with Crippen LogP contribution in [-0.4, -0.2) is 41.9 Å². The third-order valence-corrected chi connectivity index (χ3v) is 10.6. The van der Waals surface area contributed by atoms with E-state index in [1.54, 1.807) is 6.08 Å². The van der Waals surface area contributed by atoms with Gasteiger partial charge in [-0.3, -0.25) is 9.35 Å². The number of allylic oxidation sites excluding steroid dienone is 5. The third-order valence-electron chi connectivity index (χ3n) is 9.80. The summed E-state index contributed by atoms with van der Waals surface area (Å²) in [6, 6.07) is -1.08. The van der Waals surface area contributed by atoms with E-state index in [0.29, 0.717) is 6.42 Å². The number of nitrogens with one attached hydrogen (secondary N) is 1. The molecule has 7 heteroatoms. The number of amides is 1. The summed E-state index contributed by atoms with van der Waals surface area (Å²) < 4.78 is 32.5. The van der Waals surface area contributed by atoms with Gasteiger partial charge >= 0.3 is 0 Å². The largest absolute Gasteiger partial charge is 0.387 e. The minimum atomic E-state index is -4.36. The lowest BCUT2D eigenvalue weighted by Gasteiger charge is -2.21. The van der Waals surface area contributed by atoms with Gasteiger partial charge in [-0.15, -0.1) is 0 Å². The summed E-state index contributed by atoms with van der Waals surface area (Å²) in [5.41, 5.74) is 0. The standard InChI is InChI=1S/C44H83NO5S/c1-3-5-7-9-11-13-15-17-19-21-22-24-25-27-29-31-33-35-37-39-43(46)42(41-51(48,49)50)45-44(47)40-38-36-34-32-30-28-26-23-20-18-16-14-12-10-8-6-4-2/h22,24,29,31,37,39,42-43,46H,3-21,23,25-28,30,32-36,38,40-41H2,1-2H3,(H,45,47)(H,48,49,50)/b24-22+,31-29+,39-37+. The SMILES string of the molecule is CCCCCCCCCCC/C=C/CC/C=C/CC/C=C/C(O)C(CS(=O)(=O)O)NC(=O)CCCCCCCCCCCCCCCCCCC. The Morgan fingerprint density at radius 3 is 1.24 bits per heavy atom. The van der Waals surface area contributed by atoms with Gasteiger partial charge < -0.3 is 10.4 Å². The first kappa shape index (κ1) is 49.6. The molecule has 0 saturated heterocycles. The predicted molar refractivity (Wildman–Crippen MR) is 221 cm³/mol. The highest BCUT2D eigenvalue weighted by molar-refractivity contribution is 7.85. The van der Waals surface area contributed by atoms with E-state index in [-0.39, 0.29) is 12.3 Å². The Balaban J connectivity index is 3.95. The van der Waals surface area contributed by atoms with Gasteiger partial charge in [-0.25, -0.2) is 0 Å². The lowest BCUT2D eigenvalue weighted by molar-refractivity contribution is -0.122. The molecule has 0 aliphatic carbocycles. The zero-order valence-corrected chi connectivity index (χ0v) is 34.3. The molecule has 0 aromatic heterocycles. The normalized spacial score (nSPS) is 13.6. The van der Waals surface area contributed by atoms with Crippen LogP contribution in [0.1, 0.15) is 219 Å². The van der Waals surface area contributed by atoms with Crippen molar-refractivity contribution in [2.75, 3.05) is 5.75 Å². The second-order valence-electron chi connectivity index (χ2n) is 15.0. The van der Waals surface area contributed by atoms with Crippen molar-refractivity contribution in [2.45, 2.75) is 231 Å². The number of unbranched alkanes of at least 4 members (excludes halogenated alkanes) is 27. The van der Waals surface area contributed by atoms with Crippen molar-refractivity contribution in [1.29, 1.82) is 0 Å². The molecule has 0 fully saturated rings. The molecule has 0 rings (SSSR count). The zero-order valence-electron chi connectivity index (χ0n) is 33.5. The van der Waals surface area contributed by atoms with Crippen LogP contribution in [0.5, 0.6) is 0 Å². The molecular weight excluding hydrogens is 655 g/mol. The van der Waals surface area contributed by atoms with Crippen molar-refractivity contribution in [3.63, 3.8) is 0 Å². The van der Waals surface area contributed by atoms with Gasteiger partial charge in [0.15, 0.2) is 0 Å². The van der Waals surface area contributed by atoms with Crippen molar-refractivity contribution < 1.29 is 22.9 Å². The van der Waals surface area contributed by atoms with E-state index in [4.69, 9.17) is 0 Å². The molecule has 0 spiro atoms. The Hall–Kier alpha value is -1.44. The minimum Gasteiger partial charge on any atom is -0.387 e. The molecule has 0 aromatic carbocycles. The third kappa shape index (κ3) is 39.6. The average molecular weight is 738 g/mol. The maximum absolute atomic E-state index is 12.5. The van der Waals surface area contributed by atoms with Crippen LogP contribution < -0.4 is 5.32 Å². The lowest BCUT2D eigenvalue weighted by Crippen LogP contribution is -2.46. The van der Waals surface area contributed by atoms with Crippen molar-refractivity contribution in [3.05, 3.63) is 36.5 Å². The molecule has 2 atom stereocenters. The van der Waals surface area contributed by atoms with Gasteiger partial charge in [0.05, 0.1) is 17.9 Å². The van der Waals surface area contributed by atoms with Crippen LogP contribution in [0.25, 0.3) is 0 Å². The highest BCUT2D eigenvalue weighted by atomic mass is 32.2. The van der Waals surface area contributed by atoms with Crippen LogP contribution in [0.4, 0.5) is 0 Å². The molecular formula is C44H83NO5S. The minimum absolute atomic E-state index is 0.288.